The van der Waals surface area contributed by atoms with E-state index in [0.29, 0.717) is 6.04 Å². The van der Waals surface area contributed by atoms with Crippen molar-refractivity contribution in [2.45, 2.75) is 51.2 Å². The number of fused-ring (bicyclic) bond motifs is 1. The fraction of sp³-hybridized carbons (Fsp3) is 0.545. The van der Waals surface area contributed by atoms with Crippen molar-refractivity contribution in [2.75, 3.05) is 31.1 Å². The van der Waals surface area contributed by atoms with Crippen LogP contribution in [0.1, 0.15) is 33.6 Å². The van der Waals surface area contributed by atoms with Gasteiger partial charge in [0.05, 0.1) is 0 Å². The highest BCUT2D eigenvalue weighted by atomic mass is 16.4. The number of benzene rings is 1. The molecule has 0 spiro atoms. The van der Waals surface area contributed by atoms with Crippen molar-refractivity contribution >= 4 is 22.7 Å². The lowest BCUT2D eigenvalue weighted by Gasteiger charge is -2.52. The van der Waals surface area contributed by atoms with E-state index in [2.05, 4.69) is 45.1 Å². The van der Waals surface area contributed by atoms with Crippen LogP contribution in [0.25, 0.3) is 10.8 Å². The second kappa shape index (κ2) is 7.24. The predicted molar refractivity (Wildman–Crippen MR) is 112 cm³/mol. The molecule has 4 rings (SSSR count). The number of carbonyl (C=O) groups is 1. The summed E-state index contributed by atoms with van der Waals surface area (Å²) < 4.78 is 0. The number of amides is 1. The van der Waals surface area contributed by atoms with Crippen LogP contribution in [0.4, 0.5) is 10.6 Å². The van der Waals surface area contributed by atoms with Gasteiger partial charge in [-0.05, 0) is 45.1 Å². The highest BCUT2D eigenvalue weighted by molar-refractivity contribution is 5.92. The van der Waals surface area contributed by atoms with Gasteiger partial charge in [0.1, 0.15) is 5.82 Å². The van der Waals surface area contributed by atoms with Crippen molar-refractivity contribution in [2.24, 2.45) is 0 Å². The summed E-state index contributed by atoms with van der Waals surface area (Å²) in [5.74, 6) is 1.08. The maximum Gasteiger partial charge on any atom is 0.407 e. The molecule has 2 heterocycles. The van der Waals surface area contributed by atoms with E-state index in [1.165, 1.54) is 10.8 Å². The zero-order valence-corrected chi connectivity index (χ0v) is 17.0. The Morgan fingerprint density at radius 3 is 2.43 bits per heavy atom. The Hall–Kier alpha value is -2.34. The third kappa shape index (κ3) is 3.53. The van der Waals surface area contributed by atoms with Crippen LogP contribution in [0.15, 0.2) is 36.5 Å². The van der Waals surface area contributed by atoms with Crippen LogP contribution in [-0.2, 0) is 0 Å². The van der Waals surface area contributed by atoms with E-state index in [1.807, 2.05) is 27.0 Å². The number of hydrogen-bond acceptors (Lipinski definition) is 4. The molecule has 0 bridgehead atoms. The van der Waals surface area contributed by atoms with Gasteiger partial charge in [-0.25, -0.2) is 9.78 Å². The van der Waals surface area contributed by atoms with Crippen LogP contribution >= 0.6 is 0 Å². The first-order valence-electron chi connectivity index (χ1n) is 10.2. The molecule has 1 N–H and O–H groups in total. The highest BCUT2D eigenvalue weighted by Crippen LogP contribution is 2.35. The third-order valence-electron chi connectivity index (χ3n) is 6.17. The van der Waals surface area contributed by atoms with Gasteiger partial charge >= 0.3 is 6.09 Å². The van der Waals surface area contributed by atoms with Gasteiger partial charge in [0.15, 0.2) is 0 Å². The Balaban J connectivity index is 1.36. The fourth-order valence-electron chi connectivity index (χ4n) is 4.71. The number of aromatic nitrogens is 1. The molecule has 0 unspecified atom stereocenters. The maximum atomic E-state index is 11.7. The van der Waals surface area contributed by atoms with E-state index >= 15 is 0 Å². The van der Waals surface area contributed by atoms with Crippen molar-refractivity contribution in [1.29, 1.82) is 0 Å². The molecule has 150 valence electrons. The molecule has 1 saturated heterocycles. The Morgan fingerprint density at radius 1 is 1.11 bits per heavy atom. The summed E-state index contributed by atoms with van der Waals surface area (Å²) in [6, 6.07) is 11.1. The largest absolute Gasteiger partial charge is 0.465 e. The van der Waals surface area contributed by atoms with Gasteiger partial charge in [0, 0.05) is 55.4 Å². The summed E-state index contributed by atoms with van der Waals surface area (Å²) >= 11 is 0. The summed E-state index contributed by atoms with van der Waals surface area (Å²) in [7, 11) is 0. The molecule has 2 aliphatic rings. The smallest absolute Gasteiger partial charge is 0.407 e. The topological polar surface area (TPSA) is 59.9 Å². The molecule has 1 aliphatic carbocycles. The van der Waals surface area contributed by atoms with Crippen LogP contribution in [-0.4, -0.2) is 69.8 Å². The second-order valence-electron chi connectivity index (χ2n) is 8.98. The zero-order valence-electron chi connectivity index (χ0n) is 17.0. The van der Waals surface area contributed by atoms with Gasteiger partial charge in [-0.3, -0.25) is 4.90 Å². The molecule has 6 heteroatoms. The average molecular weight is 383 g/mol. The van der Waals surface area contributed by atoms with Gasteiger partial charge in [-0.2, -0.15) is 0 Å². The molecule has 2 fully saturated rings. The van der Waals surface area contributed by atoms with Gasteiger partial charge in [-0.1, -0.05) is 24.3 Å². The van der Waals surface area contributed by atoms with E-state index in [4.69, 9.17) is 0 Å². The summed E-state index contributed by atoms with van der Waals surface area (Å²) in [6.07, 6.45) is 2.97. The van der Waals surface area contributed by atoms with Crippen LogP contribution in [0, 0.1) is 0 Å². The average Bonchev–Trinajstić information content (AvgIpc) is 2.62. The molecule has 0 radical (unpaired) electrons. The van der Waals surface area contributed by atoms with Crippen LogP contribution in [0.2, 0.25) is 0 Å². The SMILES string of the molecule is CC(C)(C)N(C(=O)O)C1CC(N2CCN(c3nccc4ccccc34)CC2)C1. The molecule has 1 saturated carbocycles. The molecule has 2 aromatic rings. The van der Waals surface area contributed by atoms with Crippen molar-refractivity contribution in [3.05, 3.63) is 36.5 Å². The monoisotopic (exact) mass is 382 g/mol. The molecule has 1 aromatic carbocycles. The number of pyridine rings is 1. The number of nitrogens with zero attached hydrogens (tertiary/aromatic N) is 4. The minimum atomic E-state index is -0.803. The zero-order chi connectivity index (χ0) is 19.9. The minimum Gasteiger partial charge on any atom is -0.465 e. The lowest BCUT2D eigenvalue weighted by Crippen LogP contribution is -2.62. The predicted octanol–water partition coefficient (Wildman–Crippen LogP) is 3.67. The second-order valence-corrected chi connectivity index (χ2v) is 8.98. The Bertz CT molecular complexity index is 844. The molecule has 1 amide bonds. The quantitative estimate of drug-likeness (QED) is 0.878. The van der Waals surface area contributed by atoms with E-state index in [9.17, 15) is 9.90 Å². The van der Waals surface area contributed by atoms with Crippen molar-refractivity contribution in [1.82, 2.24) is 14.8 Å². The minimum absolute atomic E-state index is 0.139. The number of piperazine rings is 1. The van der Waals surface area contributed by atoms with Crippen LogP contribution in [0.5, 0.6) is 0 Å². The summed E-state index contributed by atoms with van der Waals surface area (Å²) in [4.78, 5) is 22.9. The molecule has 1 aliphatic heterocycles. The van der Waals surface area contributed by atoms with Crippen LogP contribution in [0.3, 0.4) is 0 Å². The van der Waals surface area contributed by atoms with Crippen molar-refractivity contribution in [3.63, 3.8) is 0 Å². The van der Waals surface area contributed by atoms with Gasteiger partial charge < -0.3 is 14.9 Å². The molecular weight excluding hydrogens is 352 g/mol. The van der Waals surface area contributed by atoms with Crippen molar-refractivity contribution < 1.29 is 9.90 Å². The number of carboxylic acid groups (broad SMARTS) is 1. The first-order valence-corrected chi connectivity index (χ1v) is 10.2. The Kier molecular flexibility index (Phi) is 4.91. The molecular formula is C22H30N4O2. The van der Waals surface area contributed by atoms with Gasteiger partial charge in [-0.15, -0.1) is 0 Å². The van der Waals surface area contributed by atoms with Crippen molar-refractivity contribution in [3.8, 4) is 0 Å². The van der Waals surface area contributed by atoms with Gasteiger partial charge in [0.25, 0.3) is 0 Å². The summed E-state index contributed by atoms with van der Waals surface area (Å²) in [5.41, 5.74) is -0.347. The van der Waals surface area contributed by atoms with Crippen LogP contribution < -0.4 is 4.90 Å². The first-order chi connectivity index (χ1) is 13.3. The Labute approximate surface area is 166 Å². The van der Waals surface area contributed by atoms with Gasteiger partial charge in [0.2, 0.25) is 0 Å². The molecule has 1 aromatic heterocycles. The lowest BCUT2D eigenvalue weighted by molar-refractivity contribution is -0.00604. The van der Waals surface area contributed by atoms with E-state index in [0.717, 1.165) is 44.8 Å². The third-order valence-corrected chi connectivity index (χ3v) is 6.17. The standard InChI is InChI=1S/C22H30N4O2/c1-22(2,3)26(21(27)28)18-14-17(15-18)24-10-12-25(13-11-24)20-19-7-5-4-6-16(19)8-9-23-20/h4-9,17-18H,10-15H2,1-3H3,(H,27,28). The normalized spacial score (nSPS) is 23.5. The summed E-state index contributed by atoms with van der Waals surface area (Å²) in [5, 5.41) is 12.0. The number of anilines is 1. The molecule has 28 heavy (non-hydrogen) atoms. The molecule has 6 nitrogen and oxygen atoms in total. The van der Waals surface area contributed by atoms with E-state index in [-0.39, 0.29) is 11.6 Å². The Morgan fingerprint density at radius 2 is 1.79 bits per heavy atom. The highest BCUT2D eigenvalue weighted by Gasteiger charge is 2.43. The first kappa shape index (κ1) is 19.0. The number of hydrogen-bond donors (Lipinski definition) is 1. The fourth-order valence-corrected chi connectivity index (χ4v) is 4.71. The van der Waals surface area contributed by atoms with E-state index < -0.39 is 6.09 Å². The number of rotatable bonds is 3. The summed E-state index contributed by atoms with van der Waals surface area (Å²) in [6.45, 7) is 9.86. The van der Waals surface area contributed by atoms with E-state index in [1.54, 1.807) is 4.90 Å². The molecule has 0 atom stereocenters. The maximum absolute atomic E-state index is 11.7. The lowest BCUT2D eigenvalue weighted by atomic mass is 9.82.